The van der Waals surface area contributed by atoms with Crippen molar-refractivity contribution in [2.75, 3.05) is 37.7 Å². The fourth-order valence-corrected chi connectivity index (χ4v) is 7.40. The van der Waals surface area contributed by atoms with E-state index in [4.69, 9.17) is 4.74 Å². The lowest BCUT2D eigenvalue weighted by Crippen LogP contribution is -2.59. The van der Waals surface area contributed by atoms with Gasteiger partial charge in [-0.3, -0.25) is 28.2 Å². The minimum absolute atomic E-state index is 0.00443. The standard InChI is InChI=1S/C40H58N6O7S/c1-27(2)22-32(36(48)40(5)26-53-40)43-39(51)34(24-30-14-10-7-11-15-30)45-38(50)33(23-28(3)4)44-37(49)31(17-16-29-12-8-6-9-13-29)42-35(47)25-41-46-18-20-54(52)21-19-46/h6-15,27-28,31-34,41H,16-26H2,1-5H3,(H,42,47)(H,43,51)(H,44,49)(H,45,50)/t31-,32-,33-,34-,40+/m0/s1. The zero-order valence-electron chi connectivity index (χ0n) is 32.2. The molecule has 296 valence electrons. The summed E-state index contributed by atoms with van der Waals surface area (Å²) in [5, 5.41) is 13.4. The molecule has 0 saturated carbocycles. The number of aryl methyl sites for hydroxylation is 1. The predicted molar refractivity (Wildman–Crippen MR) is 208 cm³/mol. The van der Waals surface area contributed by atoms with E-state index in [-0.39, 0.29) is 43.4 Å². The maximum Gasteiger partial charge on any atom is 0.243 e. The number of hydrogen-bond donors (Lipinski definition) is 5. The fourth-order valence-electron chi connectivity index (χ4n) is 6.35. The second kappa shape index (κ2) is 20.6. The van der Waals surface area contributed by atoms with Gasteiger partial charge in [-0.2, -0.15) is 0 Å². The summed E-state index contributed by atoms with van der Waals surface area (Å²) in [6.45, 7) is 10.8. The zero-order chi connectivity index (χ0) is 39.3. The number of carbonyl (C=O) groups excluding carboxylic acids is 5. The quantitative estimate of drug-likeness (QED) is 0.119. The molecule has 2 aromatic rings. The van der Waals surface area contributed by atoms with Gasteiger partial charge >= 0.3 is 0 Å². The third kappa shape index (κ3) is 14.0. The lowest BCUT2D eigenvalue weighted by molar-refractivity contribution is -0.135. The summed E-state index contributed by atoms with van der Waals surface area (Å²) in [5.74, 6) is -1.02. The van der Waals surface area contributed by atoms with E-state index in [1.807, 2.05) is 93.4 Å². The molecule has 5 atom stereocenters. The van der Waals surface area contributed by atoms with E-state index in [0.717, 1.165) is 11.1 Å². The number of nitrogens with zero attached hydrogens (tertiary/aromatic N) is 1. The molecule has 2 aliphatic rings. The monoisotopic (exact) mass is 766 g/mol. The summed E-state index contributed by atoms with van der Waals surface area (Å²) in [7, 11) is -0.860. The summed E-state index contributed by atoms with van der Waals surface area (Å²) in [5.41, 5.74) is 3.93. The average molecular weight is 767 g/mol. The number of hydrogen-bond acceptors (Lipinski definition) is 9. The third-order valence-corrected chi connectivity index (χ3v) is 10.8. The predicted octanol–water partition coefficient (Wildman–Crippen LogP) is 1.82. The van der Waals surface area contributed by atoms with Gasteiger partial charge in [-0.25, -0.2) is 10.4 Å². The number of hydrazine groups is 1. The van der Waals surface area contributed by atoms with Gasteiger partial charge in [0.15, 0.2) is 5.78 Å². The first-order valence-electron chi connectivity index (χ1n) is 19.0. The molecule has 0 bridgehead atoms. The van der Waals surface area contributed by atoms with Crippen LogP contribution in [-0.4, -0.2) is 106 Å². The van der Waals surface area contributed by atoms with Crippen molar-refractivity contribution in [3.63, 3.8) is 0 Å². The number of benzene rings is 2. The molecule has 54 heavy (non-hydrogen) atoms. The molecule has 4 rings (SSSR count). The molecular formula is C40H58N6O7S. The highest BCUT2D eigenvalue weighted by molar-refractivity contribution is 7.85. The molecule has 2 aliphatic heterocycles. The molecule has 2 fully saturated rings. The number of rotatable bonds is 21. The van der Waals surface area contributed by atoms with E-state index in [1.54, 1.807) is 6.92 Å². The Hall–Kier alpha value is -3.98. The van der Waals surface area contributed by atoms with E-state index in [9.17, 15) is 28.2 Å². The molecule has 2 heterocycles. The first-order valence-corrected chi connectivity index (χ1v) is 20.5. The lowest BCUT2D eigenvalue weighted by atomic mass is 9.93. The van der Waals surface area contributed by atoms with Crippen LogP contribution in [0.2, 0.25) is 0 Å². The van der Waals surface area contributed by atoms with Gasteiger partial charge in [-0.15, -0.1) is 0 Å². The van der Waals surface area contributed by atoms with Crippen LogP contribution in [0.1, 0.15) is 65.0 Å². The van der Waals surface area contributed by atoms with E-state index < -0.39 is 64.2 Å². The van der Waals surface area contributed by atoms with Crippen LogP contribution >= 0.6 is 0 Å². The summed E-state index contributed by atoms with van der Waals surface area (Å²) in [4.78, 5) is 68.5. The van der Waals surface area contributed by atoms with Crippen molar-refractivity contribution in [3.05, 3.63) is 71.8 Å². The maximum absolute atomic E-state index is 14.1. The molecular weight excluding hydrogens is 709 g/mol. The van der Waals surface area contributed by atoms with Crippen molar-refractivity contribution in [1.29, 1.82) is 0 Å². The number of Topliss-reactive ketones (excluding diaryl/α,β-unsaturated/α-hetero) is 1. The Balaban J connectivity index is 1.49. The van der Waals surface area contributed by atoms with Gasteiger partial charge < -0.3 is 26.0 Å². The first-order chi connectivity index (χ1) is 25.7. The minimum atomic E-state index is -1.05. The number of epoxide rings is 1. The summed E-state index contributed by atoms with van der Waals surface area (Å²) < 4.78 is 17.1. The first kappa shape index (κ1) is 42.8. The molecule has 5 N–H and O–H groups in total. The molecule has 4 amide bonds. The Labute approximate surface area is 321 Å². The third-order valence-electron chi connectivity index (χ3n) is 9.55. The van der Waals surface area contributed by atoms with Crippen molar-refractivity contribution >= 4 is 40.2 Å². The Morgan fingerprint density at radius 3 is 1.80 bits per heavy atom. The number of ketones is 1. The number of amides is 4. The van der Waals surface area contributed by atoms with Crippen molar-refractivity contribution < 1.29 is 32.9 Å². The second-order valence-corrected chi connectivity index (χ2v) is 17.0. The molecule has 0 radical (unpaired) electrons. The molecule has 0 spiro atoms. The number of carbonyl (C=O) groups is 5. The summed E-state index contributed by atoms with van der Waals surface area (Å²) >= 11 is 0. The lowest BCUT2D eigenvalue weighted by Gasteiger charge is -2.28. The van der Waals surface area contributed by atoms with Crippen LogP contribution in [0.25, 0.3) is 0 Å². The Morgan fingerprint density at radius 1 is 0.722 bits per heavy atom. The highest BCUT2D eigenvalue weighted by atomic mass is 32.2. The van der Waals surface area contributed by atoms with Crippen LogP contribution in [0.3, 0.4) is 0 Å². The van der Waals surface area contributed by atoms with Crippen LogP contribution in [0.5, 0.6) is 0 Å². The van der Waals surface area contributed by atoms with Crippen molar-refractivity contribution in [2.45, 2.75) is 96.5 Å². The van der Waals surface area contributed by atoms with Gasteiger partial charge in [0, 0.05) is 41.8 Å². The molecule has 14 heteroatoms. The van der Waals surface area contributed by atoms with E-state index >= 15 is 0 Å². The molecule has 0 aromatic heterocycles. The highest BCUT2D eigenvalue weighted by Gasteiger charge is 2.50. The summed E-state index contributed by atoms with van der Waals surface area (Å²) in [6.07, 6.45) is 1.64. The van der Waals surface area contributed by atoms with Crippen LogP contribution in [-0.2, 0) is 52.4 Å². The SMILES string of the molecule is CC(C)C[C@H](NC(=O)[C@H](CCc1ccccc1)NC(=O)CNN1CCS(=O)CC1)C(=O)N[C@@H](Cc1ccccc1)C(=O)N[C@@H](CC(C)C)C(=O)[C@@]1(C)CO1. The van der Waals surface area contributed by atoms with Crippen LogP contribution in [0.15, 0.2) is 60.7 Å². The molecule has 0 aliphatic carbocycles. The highest BCUT2D eigenvalue weighted by Crippen LogP contribution is 2.29. The zero-order valence-corrected chi connectivity index (χ0v) is 33.0. The van der Waals surface area contributed by atoms with E-state index in [0.29, 0.717) is 44.0 Å². The van der Waals surface area contributed by atoms with Crippen LogP contribution < -0.4 is 26.7 Å². The van der Waals surface area contributed by atoms with Gasteiger partial charge in [0.2, 0.25) is 23.6 Å². The molecule has 2 aromatic carbocycles. The Kier molecular flexibility index (Phi) is 16.3. The van der Waals surface area contributed by atoms with E-state index in [2.05, 4.69) is 26.7 Å². The van der Waals surface area contributed by atoms with Gasteiger partial charge in [0.25, 0.3) is 0 Å². The van der Waals surface area contributed by atoms with Gasteiger partial charge in [0.05, 0.1) is 19.2 Å². The normalized spacial score (nSPS) is 19.7. The number of ether oxygens (including phenoxy) is 1. The van der Waals surface area contributed by atoms with E-state index in [1.165, 1.54) is 0 Å². The Morgan fingerprint density at radius 2 is 1.22 bits per heavy atom. The fraction of sp³-hybridized carbons (Fsp3) is 0.575. The Bertz CT molecular complexity index is 1580. The minimum Gasteiger partial charge on any atom is -0.361 e. The summed E-state index contributed by atoms with van der Waals surface area (Å²) in [6, 6.07) is 15.1. The smallest absolute Gasteiger partial charge is 0.243 e. The maximum atomic E-state index is 14.1. The molecule has 0 unspecified atom stereocenters. The molecule has 2 saturated heterocycles. The van der Waals surface area contributed by atoms with Crippen LogP contribution in [0.4, 0.5) is 0 Å². The largest absolute Gasteiger partial charge is 0.361 e. The second-order valence-electron chi connectivity index (χ2n) is 15.3. The average Bonchev–Trinajstić information content (AvgIpc) is 3.90. The number of nitrogens with one attached hydrogen (secondary N) is 5. The van der Waals surface area contributed by atoms with Crippen molar-refractivity contribution in [3.8, 4) is 0 Å². The van der Waals surface area contributed by atoms with Gasteiger partial charge in [-0.1, -0.05) is 88.4 Å². The van der Waals surface area contributed by atoms with Gasteiger partial charge in [-0.05, 0) is 55.6 Å². The topological polar surface area (TPSA) is 178 Å². The molecule has 13 nitrogen and oxygen atoms in total. The van der Waals surface area contributed by atoms with Gasteiger partial charge in [0.1, 0.15) is 23.7 Å². The van der Waals surface area contributed by atoms with Crippen molar-refractivity contribution in [2.24, 2.45) is 11.8 Å². The van der Waals surface area contributed by atoms with Crippen molar-refractivity contribution in [1.82, 2.24) is 31.7 Å². The van der Waals surface area contributed by atoms with Crippen LogP contribution in [0, 0.1) is 11.8 Å².